The smallest absolute Gasteiger partial charge is 0.143 e. The molecular formula is C6H4BF. The van der Waals surface area contributed by atoms with E-state index < -0.39 is 0 Å². The van der Waals surface area contributed by atoms with Crippen LogP contribution in [0.5, 0.6) is 0 Å². The highest BCUT2D eigenvalue weighted by Gasteiger charge is 1.65. The summed E-state index contributed by atoms with van der Waals surface area (Å²) in [5.74, 6) is 6.68. The fraction of sp³-hybridized carbons (Fsp3) is 0. The zero-order chi connectivity index (χ0) is 6.41. The molecule has 8 heavy (non-hydrogen) atoms. The first-order valence-corrected chi connectivity index (χ1v) is 2.04. The van der Waals surface area contributed by atoms with Gasteiger partial charge in [0.05, 0.1) is 0 Å². The molecule has 0 radical (unpaired) electrons. The van der Waals surface area contributed by atoms with Crippen LogP contribution in [0.2, 0.25) is 0 Å². The molecule has 0 spiro atoms. The first-order chi connectivity index (χ1) is 3.77. The van der Waals surface area contributed by atoms with Crippen LogP contribution in [0.4, 0.5) is 4.39 Å². The predicted molar refractivity (Wildman–Crippen MR) is 34.3 cm³/mol. The summed E-state index contributed by atoms with van der Waals surface area (Å²) in [5.41, 5.74) is 0.688. The van der Waals surface area contributed by atoms with E-state index in [0.29, 0.717) is 5.47 Å². The van der Waals surface area contributed by atoms with Crippen LogP contribution in [0, 0.1) is 23.9 Å². The van der Waals surface area contributed by atoms with Gasteiger partial charge in [0.15, 0.2) is 0 Å². The topological polar surface area (TPSA) is 0 Å². The van der Waals surface area contributed by atoms with Gasteiger partial charge in [-0.15, -0.1) is 4.39 Å². The van der Waals surface area contributed by atoms with Crippen molar-refractivity contribution in [1.82, 2.24) is 0 Å². The monoisotopic (exact) mass is 106 g/mol. The van der Waals surface area contributed by atoms with E-state index in [1.807, 2.05) is 5.92 Å². The van der Waals surface area contributed by atoms with Crippen LogP contribution in [0.25, 0.3) is 0 Å². The van der Waals surface area contributed by atoms with Crippen LogP contribution in [0.3, 0.4) is 0 Å². The van der Waals surface area contributed by atoms with Crippen LogP contribution in [0.15, 0.2) is 12.1 Å². The maximum atomic E-state index is 11.0. The minimum atomic E-state index is 0.688. The molecule has 2 heteroatoms. The molecule has 0 atom stereocenters. The van der Waals surface area contributed by atoms with E-state index in [4.69, 9.17) is 0 Å². The van der Waals surface area contributed by atoms with Crippen molar-refractivity contribution in [2.75, 3.05) is 0 Å². The lowest BCUT2D eigenvalue weighted by Crippen LogP contribution is -1.66. The summed E-state index contributed by atoms with van der Waals surface area (Å²) in [5, 5.41) is 0. The summed E-state index contributed by atoms with van der Waals surface area (Å²) >= 11 is 0. The van der Waals surface area contributed by atoms with Crippen LogP contribution >= 0.6 is 0 Å². The van der Waals surface area contributed by atoms with Gasteiger partial charge in [0.1, 0.15) is 14.0 Å². The Morgan fingerprint density at radius 1 is 1.50 bits per heavy atom. The van der Waals surface area contributed by atoms with Gasteiger partial charge in [0.25, 0.3) is 0 Å². The molecule has 0 amide bonds. The van der Waals surface area contributed by atoms with E-state index >= 15 is 0 Å². The second-order valence-corrected chi connectivity index (χ2v) is 1.25. The average Bonchev–Trinajstić information content (AvgIpc) is 1.66. The fourth-order valence-corrected chi connectivity index (χ4v) is 0.162. The van der Waals surface area contributed by atoms with Crippen molar-refractivity contribution in [3.8, 4) is 23.9 Å². The third-order valence-electron chi connectivity index (χ3n) is 0.386. The highest BCUT2D eigenvalue weighted by molar-refractivity contribution is 6.24. The van der Waals surface area contributed by atoms with Crippen LogP contribution in [-0.2, 0) is 0 Å². The summed E-state index contributed by atoms with van der Waals surface area (Å²) in [7, 11) is 1.73. The van der Waals surface area contributed by atoms with Crippen molar-refractivity contribution < 1.29 is 4.39 Å². The van der Waals surface area contributed by atoms with Crippen molar-refractivity contribution >= 4 is 7.85 Å². The van der Waals surface area contributed by atoms with Crippen LogP contribution < -0.4 is 0 Å². The second kappa shape index (κ2) is 4.03. The van der Waals surface area contributed by atoms with Crippen LogP contribution in [-0.4, -0.2) is 7.85 Å². The molecule has 0 aromatic rings. The number of hydrogen-bond acceptors (Lipinski definition) is 0. The minimum Gasteiger partial charge on any atom is -0.143 e. The third kappa shape index (κ3) is 4.85. The molecule has 0 N–H and O–H groups in total. The van der Waals surface area contributed by atoms with Crippen molar-refractivity contribution in [2.45, 2.75) is 0 Å². The van der Waals surface area contributed by atoms with E-state index in [1.165, 1.54) is 0 Å². The molecule has 0 saturated heterocycles. The molecule has 0 aromatic carbocycles. The van der Waals surface area contributed by atoms with Crippen LogP contribution in [0.1, 0.15) is 0 Å². The lowest BCUT2D eigenvalue weighted by atomic mass is 9.99. The van der Waals surface area contributed by atoms with E-state index in [0.717, 1.165) is 6.17 Å². The van der Waals surface area contributed by atoms with E-state index in [1.54, 1.807) is 7.85 Å². The Morgan fingerprint density at radius 2 is 2.12 bits per heavy atom. The van der Waals surface area contributed by atoms with Gasteiger partial charge in [0, 0.05) is 5.92 Å². The summed E-state index contributed by atoms with van der Waals surface area (Å²) in [6.07, 6.45) is 1.16. The van der Waals surface area contributed by atoms with E-state index in [9.17, 15) is 4.39 Å². The van der Waals surface area contributed by atoms with Gasteiger partial charge in [-0.2, -0.15) is 0 Å². The first kappa shape index (κ1) is 6.85. The molecule has 0 rings (SSSR count). The second-order valence-electron chi connectivity index (χ2n) is 1.25. The minimum absolute atomic E-state index is 0.688. The van der Waals surface area contributed by atoms with Gasteiger partial charge in [-0.3, -0.25) is 0 Å². The number of halogens is 1. The number of hydrogen-bond donors (Lipinski definition) is 0. The molecule has 0 aliphatic heterocycles. The molecule has 0 aliphatic rings. The van der Waals surface area contributed by atoms with Gasteiger partial charge in [-0.1, -0.05) is 12.5 Å². The van der Waals surface area contributed by atoms with Gasteiger partial charge < -0.3 is 0 Å². The molecule has 0 unspecified atom stereocenters. The largest absolute Gasteiger partial charge is 0.149 e. The summed E-state index contributed by atoms with van der Waals surface area (Å²) in [6, 6.07) is 0. The summed E-state index contributed by atoms with van der Waals surface area (Å²) < 4.78 is 11.0. The Hall–Kier alpha value is -1.15. The van der Waals surface area contributed by atoms with Crippen molar-refractivity contribution in [3.63, 3.8) is 0 Å². The standard InChI is InChI=1S/C6H4BF/c1-6(7)4-2-3-5-8/h1,7H2. The molecule has 0 bridgehead atoms. The quantitative estimate of drug-likeness (QED) is 0.302. The lowest BCUT2D eigenvalue weighted by molar-refractivity contribution is 0.774. The van der Waals surface area contributed by atoms with Crippen molar-refractivity contribution in [2.24, 2.45) is 0 Å². The highest BCUT2D eigenvalue weighted by Crippen LogP contribution is 1.70. The van der Waals surface area contributed by atoms with Crippen molar-refractivity contribution in [1.29, 1.82) is 0 Å². The maximum Gasteiger partial charge on any atom is 0.149 e. The Labute approximate surface area is 49.2 Å². The molecule has 38 valence electrons. The Kier molecular flexibility index (Phi) is 3.45. The van der Waals surface area contributed by atoms with E-state index in [2.05, 4.69) is 18.4 Å². The fourth-order valence-electron chi connectivity index (χ4n) is 0.162. The Bertz CT molecular complexity index is 196. The first-order valence-electron chi connectivity index (χ1n) is 2.04. The predicted octanol–water partition coefficient (Wildman–Crippen LogP) is 0.0670. The highest BCUT2D eigenvalue weighted by atomic mass is 19.1. The Morgan fingerprint density at radius 3 is 2.50 bits per heavy atom. The lowest BCUT2D eigenvalue weighted by Gasteiger charge is -1.69. The average molecular weight is 106 g/mol. The molecule has 0 saturated carbocycles. The van der Waals surface area contributed by atoms with Gasteiger partial charge in [-0.05, 0) is 11.4 Å². The number of allylic oxidation sites excluding steroid dienone is 1. The van der Waals surface area contributed by atoms with E-state index in [-0.39, 0.29) is 0 Å². The van der Waals surface area contributed by atoms with Crippen molar-refractivity contribution in [3.05, 3.63) is 12.1 Å². The summed E-state index contributed by atoms with van der Waals surface area (Å²) in [4.78, 5) is 0. The SMILES string of the molecule is BC(=C)C#CC#CF. The van der Waals surface area contributed by atoms with Gasteiger partial charge >= 0.3 is 0 Å². The number of rotatable bonds is 0. The van der Waals surface area contributed by atoms with Gasteiger partial charge in [0.2, 0.25) is 0 Å². The molecule has 0 fully saturated rings. The third-order valence-corrected chi connectivity index (χ3v) is 0.386. The molecule has 0 aromatic heterocycles. The normalized spacial score (nSPS) is 5.12. The van der Waals surface area contributed by atoms with Gasteiger partial charge in [-0.25, -0.2) is 0 Å². The molecule has 0 aliphatic carbocycles. The Balaban J connectivity index is 3.81. The molecule has 0 nitrogen and oxygen atoms in total. The zero-order valence-electron chi connectivity index (χ0n) is 4.59. The molecule has 0 heterocycles. The molecular weight excluding hydrogens is 102 g/mol. The maximum absolute atomic E-state index is 11.0. The zero-order valence-corrected chi connectivity index (χ0v) is 4.59. The summed E-state index contributed by atoms with van der Waals surface area (Å²) in [6.45, 7) is 3.46.